The maximum Gasteiger partial charge on any atom is 0.321 e. The second-order valence-corrected chi connectivity index (χ2v) is 4.44. The van der Waals surface area contributed by atoms with E-state index in [4.69, 9.17) is 10.8 Å². The van der Waals surface area contributed by atoms with Crippen LogP contribution in [0.2, 0.25) is 0 Å². The van der Waals surface area contributed by atoms with Gasteiger partial charge in [-0.1, -0.05) is 38.1 Å². The average molecular weight is 236 g/mol. The van der Waals surface area contributed by atoms with Crippen molar-refractivity contribution in [2.24, 2.45) is 5.73 Å². The third-order valence-corrected chi connectivity index (χ3v) is 2.53. The Morgan fingerprint density at radius 2 is 1.82 bits per heavy atom. The van der Waals surface area contributed by atoms with Gasteiger partial charge >= 0.3 is 5.97 Å². The van der Waals surface area contributed by atoms with Gasteiger partial charge in [0.2, 0.25) is 0 Å². The molecule has 0 amide bonds. The van der Waals surface area contributed by atoms with Gasteiger partial charge in [-0.15, -0.1) is 0 Å². The molecule has 0 radical (unpaired) electrons. The van der Waals surface area contributed by atoms with Crippen LogP contribution >= 0.6 is 0 Å². The van der Waals surface area contributed by atoms with Crippen LogP contribution < -0.4 is 11.1 Å². The number of benzene rings is 1. The van der Waals surface area contributed by atoms with Gasteiger partial charge in [0.25, 0.3) is 0 Å². The summed E-state index contributed by atoms with van der Waals surface area (Å²) in [5.41, 5.74) is 7.56. The topological polar surface area (TPSA) is 75.3 Å². The Balaban J connectivity index is 2.68. The van der Waals surface area contributed by atoms with Crippen molar-refractivity contribution in [3.8, 4) is 0 Å². The molecule has 0 saturated carbocycles. The van der Waals surface area contributed by atoms with Crippen LogP contribution in [-0.4, -0.2) is 23.2 Å². The van der Waals surface area contributed by atoms with E-state index in [2.05, 4.69) is 5.32 Å². The summed E-state index contributed by atoms with van der Waals surface area (Å²) >= 11 is 0. The van der Waals surface area contributed by atoms with Crippen LogP contribution in [0.15, 0.2) is 24.3 Å². The fourth-order valence-corrected chi connectivity index (χ4v) is 1.67. The molecular formula is C13H20N2O2. The van der Waals surface area contributed by atoms with Crippen LogP contribution in [0.5, 0.6) is 0 Å². The highest BCUT2D eigenvalue weighted by atomic mass is 16.4. The molecule has 1 aromatic rings. The highest BCUT2D eigenvalue weighted by molar-refractivity contribution is 5.74. The summed E-state index contributed by atoms with van der Waals surface area (Å²) in [4.78, 5) is 11.1. The molecule has 94 valence electrons. The van der Waals surface area contributed by atoms with Crippen molar-refractivity contribution in [1.29, 1.82) is 0 Å². The number of hydrogen-bond acceptors (Lipinski definition) is 3. The van der Waals surface area contributed by atoms with Crippen molar-refractivity contribution < 1.29 is 9.90 Å². The minimum Gasteiger partial charge on any atom is -0.480 e. The van der Waals surface area contributed by atoms with Crippen molar-refractivity contribution in [3.63, 3.8) is 0 Å². The van der Waals surface area contributed by atoms with Crippen molar-refractivity contribution >= 4 is 5.97 Å². The minimum absolute atomic E-state index is 0.152. The molecule has 1 unspecified atom stereocenters. The number of rotatable bonds is 6. The first-order valence-electron chi connectivity index (χ1n) is 5.79. The predicted molar refractivity (Wildman–Crippen MR) is 67.7 cm³/mol. The van der Waals surface area contributed by atoms with Crippen molar-refractivity contribution in [2.45, 2.75) is 38.9 Å². The standard InChI is InChI=1S/C13H20N2O2/c1-9(2)15-12(13(16)17)7-10-3-5-11(8-14)6-4-10/h3-6,9,12,15H,7-8,14H2,1-2H3,(H,16,17). The molecule has 0 bridgehead atoms. The molecule has 4 heteroatoms. The SMILES string of the molecule is CC(C)NC(Cc1ccc(CN)cc1)C(=O)O. The van der Waals surface area contributed by atoms with E-state index in [1.807, 2.05) is 38.1 Å². The fourth-order valence-electron chi connectivity index (χ4n) is 1.67. The third-order valence-electron chi connectivity index (χ3n) is 2.53. The minimum atomic E-state index is -0.818. The molecule has 17 heavy (non-hydrogen) atoms. The van der Waals surface area contributed by atoms with Crippen LogP contribution in [0.3, 0.4) is 0 Å². The van der Waals surface area contributed by atoms with Gasteiger partial charge in [-0.05, 0) is 17.5 Å². The Labute approximate surface area is 102 Å². The Hall–Kier alpha value is -1.39. The molecule has 0 aliphatic heterocycles. The smallest absolute Gasteiger partial charge is 0.321 e. The summed E-state index contributed by atoms with van der Waals surface area (Å²) in [6.07, 6.45) is 0.484. The highest BCUT2D eigenvalue weighted by Gasteiger charge is 2.18. The van der Waals surface area contributed by atoms with Gasteiger partial charge in [0, 0.05) is 12.6 Å². The van der Waals surface area contributed by atoms with Gasteiger partial charge in [-0.3, -0.25) is 4.79 Å². The molecule has 1 atom stereocenters. The van der Waals surface area contributed by atoms with Crippen molar-refractivity contribution in [1.82, 2.24) is 5.32 Å². The molecule has 4 N–H and O–H groups in total. The monoisotopic (exact) mass is 236 g/mol. The lowest BCUT2D eigenvalue weighted by atomic mass is 10.0. The zero-order valence-electron chi connectivity index (χ0n) is 10.3. The first-order valence-corrected chi connectivity index (χ1v) is 5.79. The summed E-state index contributed by atoms with van der Waals surface area (Å²) in [7, 11) is 0. The first-order chi connectivity index (χ1) is 8.02. The molecule has 0 fully saturated rings. The van der Waals surface area contributed by atoms with E-state index < -0.39 is 12.0 Å². The summed E-state index contributed by atoms with van der Waals surface area (Å²) in [5, 5.41) is 12.1. The van der Waals surface area contributed by atoms with Crippen LogP contribution in [0.4, 0.5) is 0 Å². The second-order valence-electron chi connectivity index (χ2n) is 4.44. The zero-order valence-corrected chi connectivity index (χ0v) is 10.3. The highest BCUT2D eigenvalue weighted by Crippen LogP contribution is 2.07. The Bertz CT molecular complexity index is 360. The Morgan fingerprint density at radius 3 is 2.24 bits per heavy atom. The largest absolute Gasteiger partial charge is 0.480 e. The fraction of sp³-hybridized carbons (Fsp3) is 0.462. The van der Waals surface area contributed by atoms with E-state index in [1.54, 1.807) is 0 Å². The van der Waals surface area contributed by atoms with Gasteiger partial charge in [0.05, 0.1) is 0 Å². The predicted octanol–water partition coefficient (Wildman–Crippen LogP) is 1.14. The summed E-state index contributed by atoms with van der Waals surface area (Å²) in [6.45, 7) is 4.38. The van der Waals surface area contributed by atoms with Crippen molar-refractivity contribution in [2.75, 3.05) is 0 Å². The van der Waals surface area contributed by atoms with E-state index >= 15 is 0 Å². The van der Waals surface area contributed by atoms with Crippen LogP contribution in [0.1, 0.15) is 25.0 Å². The molecule has 0 aliphatic rings. The molecule has 0 aliphatic carbocycles. The van der Waals surface area contributed by atoms with E-state index in [0.29, 0.717) is 13.0 Å². The van der Waals surface area contributed by atoms with Crippen LogP contribution in [0.25, 0.3) is 0 Å². The van der Waals surface area contributed by atoms with Gasteiger partial charge in [0.15, 0.2) is 0 Å². The maximum absolute atomic E-state index is 11.1. The van der Waals surface area contributed by atoms with Gasteiger partial charge in [0.1, 0.15) is 6.04 Å². The summed E-state index contributed by atoms with van der Waals surface area (Å²) < 4.78 is 0. The maximum atomic E-state index is 11.1. The molecule has 1 aromatic carbocycles. The third kappa shape index (κ3) is 4.54. The molecule has 0 saturated heterocycles. The van der Waals surface area contributed by atoms with E-state index in [-0.39, 0.29) is 6.04 Å². The van der Waals surface area contributed by atoms with Crippen molar-refractivity contribution in [3.05, 3.63) is 35.4 Å². The average Bonchev–Trinajstić information content (AvgIpc) is 2.28. The van der Waals surface area contributed by atoms with E-state index in [1.165, 1.54) is 0 Å². The van der Waals surface area contributed by atoms with Gasteiger partial charge < -0.3 is 16.2 Å². The number of aliphatic carboxylic acids is 1. The number of nitrogens with one attached hydrogen (secondary N) is 1. The molecule has 0 heterocycles. The normalized spacial score (nSPS) is 12.7. The number of carbonyl (C=O) groups is 1. The molecule has 4 nitrogen and oxygen atoms in total. The Morgan fingerprint density at radius 1 is 1.29 bits per heavy atom. The summed E-state index contributed by atoms with van der Waals surface area (Å²) in [5.74, 6) is -0.818. The lowest BCUT2D eigenvalue weighted by molar-refractivity contribution is -0.139. The zero-order chi connectivity index (χ0) is 12.8. The number of carboxylic acid groups (broad SMARTS) is 1. The van der Waals surface area contributed by atoms with Crippen LogP contribution in [-0.2, 0) is 17.8 Å². The van der Waals surface area contributed by atoms with E-state index in [0.717, 1.165) is 11.1 Å². The summed E-state index contributed by atoms with van der Waals surface area (Å²) in [6, 6.07) is 7.34. The van der Waals surface area contributed by atoms with Gasteiger partial charge in [-0.25, -0.2) is 0 Å². The molecule has 0 aromatic heterocycles. The second kappa shape index (κ2) is 6.37. The number of nitrogens with two attached hydrogens (primary N) is 1. The molecule has 0 spiro atoms. The number of carboxylic acids is 1. The first kappa shape index (κ1) is 13.7. The quantitative estimate of drug-likeness (QED) is 0.692. The Kier molecular flexibility index (Phi) is 5.12. The van der Waals surface area contributed by atoms with Gasteiger partial charge in [-0.2, -0.15) is 0 Å². The lowest BCUT2D eigenvalue weighted by Gasteiger charge is -2.17. The van der Waals surface area contributed by atoms with E-state index in [9.17, 15) is 4.79 Å². The lowest BCUT2D eigenvalue weighted by Crippen LogP contribution is -2.42. The molecular weight excluding hydrogens is 216 g/mol. The number of hydrogen-bond donors (Lipinski definition) is 3. The van der Waals surface area contributed by atoms with Crippen LogP contribution in [0, 0.1) is 0 Å². The molecule has 1 rings (SSSR count).